The number of aromatic carboxylic acids is 1. The van der Waals surface area contributed by atoms with Gasteiger partial charge >= 0.3 is 5.97 Å². The summed E-state index contributed by atoms with van der Waals surface area (Å²) >= 11 is 0. The Morgan fingerprint density at radius 3 is 3.00 bits per heavy atom. The van der Waals surface area contributed by atoms with Gasteiger partial charge in [-0.25, -0.2) is 4.79 Å². The summed E-state index contributed by atoms with van der Waals surface area (Å²) in [7, 11) is 0. The summed E-state index contributed by atoms with van der Waals surface area (Å²) in [4.78, 5) is 15.0. The number of carboxylic acids is 1. The second kappa shape index (κ2) is 4.45. The van der Waals surface area contributed by atoms with E-state index >= 15 is 0 Å². The predicted octanol–water partition coefficient (Wildman–Crippen LogP) is 2.13. The van der Waals surface area contributed by atoms with Crippen molar-refractivity contribution in [1.29, 1.82) is 0 Å². The molecule has 0 aliphatic heterocycles. The molecule has 7 nitrogen and oxygen atoms in total. The van der Waals surface area contributed by atoms with Crippen molar-refractivity contribution < 1.29 is 18.8 Å². The Labute approximate surface area is 106 Å². The lowest BCUT2D eigenvalue weighted by Crippen LogP contribution is -1.97. The van der Waals surface area contributed by atoms with Gasteiger partial charge in [0.25, 0.3) is 6.01 Å². The van der Waals surface area contributed by atoms with Gasteiger partial charge in [0.2, 0.25) is 0 Å². The Hall–Kier alpha value is -2.83. The zero-order chi connectivity index (χ0) is 13.2. The molecule has 0 saturated heterocycles. The molecule has 0 saturated carbocycles. The first kappa shape index (κ1) is 11.3. The molecule has 96 valence electrons. The van der Waals surface area contributed by atoms with E-state index in [0.29, 0.717) is 29.4 Å². The van der Waals surface area contributed by atoms with E-state index in [1.807, 2.05) is 0 Å². The van der Waals surface area contributed by atoms with Crippen LogP contribution in [0.4, 0.5) is 6.01 Å². The van der Waals surface area contributed by atoms with Crippen molar-refractivity contribution in [3.63, 3.8) is 0 Å². The molecule has 2 N–H and O–H groups in total. The first-order valence-corrected chi connectivity index (χ1v) is 5.50. The second-order valence-electron chi connectivity index (χ2n) is 3.84. The summed E-state index contributed by atoms with van der Waals surface area (Å²) in [5.74, 6) is -0.358. The average molecular weight is 259 g/mol. The molecule has 2 heterocycles. The number of benzene rings is 1. The van der Waals surface area contributed by atoms with Crippen LogP contribution in [-0.2, 0) is 6.54 Å². The normalized spacial score (nSPS) is 10.7. The van der Waals surface area contributed by atoms with Crippen LogP contribution in [0.25, 0.3) is 11.1 Å². The van der Waals surface area contributed by atoms with Crippen LogP contribution in [0.5, 0.6) is 0 Å². The van der Waals surface area contributed by atoms with Gasteiger partial charge in [-0.2, -0.15) is 4.98 Å². The third-order valence-corrected chi connectivity index (χ3v) is 2.54. The molecule has 0 aliphatic rings. The van der Waals surface area contributed by atoms with Crippen molar-refractivity contribution in [2.75, 3.05) is 5.32 Å². The lowest BCUT2D eigenvalue weighted by Gasteiger charge is -1.95. The second-order valence-corrected chi connectivity index (χ2v) is 3.84. The molecule has 1 aromatic carbocycles. The molecule has 3 rings (SSSR count). The van der Waals surface area contributed by atoms with Gasteiger partial charge in [0, 0.05) is 6.07 Å². The standard InChI is InChI=1S/C12H9N3O4/c16-11(17)7-1-2-9-10(5-7)18-12(15-9)13-6-8-3-4-14-19-8/h1-5H,6H2,(H,13,15)(H,16,17). The fourth-order valence-corrected chi connectivity index (χ4v) is 1.63. The summed E-state index contributed by atoms with van der Waals surface area (Å²) in [6, 6.07) is 6.53. The average Bonchev–Trinajstić information content (AvgIpc) is 3.04. The number of carbonyl (C=O) groups is 1. The zero-order valence-corrected chi connectivity index (χ0v) is 9.66. The predicted molar refractivity (Wildman–Crippen MR) is 64.8 cm³/mol. The van der Waals surface area contributed by atoms with Gasteiger partial charge in [0.15, 0.2) is 11.3 Å². The fourth-order valence-electron chi connectivity index (χ4n) is 1.63. The maximum Gasteiger partial charge on any atom is 0.335 e. The van der Waals surface area contributed by atoms with Crippen LogP contribution < -0.4 is 5.32 Å². The minimum Gasteiger partial charge on any atom is -0.478 e. The maximum absolute atomic E-state index is 10.8. The number of nitrogens with zero attached hydrogens (tertiary/aromatic N) is 2. The summed E-state index contributed by atoms with van der Waals surface area (Å²) in [6.45, 7) is 0.388. The van der Waals surface area contributed by atoms with Gasteiger partial charge in [-0.05, 0) is 18.2 Å². The van der Waals surface area contributed by atoms with E-state index in [1.165, 1.54) is 12.1 Å². The lowest BCUT2D eigenvalue weighted by molar-refractivity contribution is 0.0697. The fraction of sp³-hybridized carbons (Fsp3) is 0.0833. The smallest absolute Gasteiger partial charge is 0.335 e. The molecular formula is C12H9N3O4. The highest BCUT2D eigenvalue weighted by Crippen LogP contribution is 2.20. The third-order valence-electron chi connectivity index (χ3n) is 2.54. The molecule has 19 heavy (non-hydrogen) atoms. The van der Waals surface area contributed by atoms with Crippen molar-refractivity contribution >= 4 is 23.1 Å². The number of aromatic nitrogens is 2. The van der Waals surface area contributed by atoms with E-state index in [9.17, 15) is 4.79 Å². The lowest BCUT2D eigenvalue weighted by atomic mass is 10.2. The van der Waals surface area contributed by atoms with Gasteiger partial charge in [0.05, 0.1) is 18.3 Å². The number of hydrogen-bond acceptors (Lipinski definition) is 6. The van der Waals surface area contributed by atoms with Gasteiger partial charge in [0.1, 0.15) is 5.52 Å². The maximum atomic E-state index is 10.8. The van der Waals surface area contributed by atoms with Crippen molar-refractivity contribution in [2.24, 2.45) is 0 Å². The molecule has 0 unspecified atom stereocenters. The van der Waals surface area contributed by atoms with Crippen LogP contribution in [-0.4, -0.2) is 21.2 Å². The zero-order valence-electron chi connectivity index (χ0n) is 9.66. The Bertz CT molecular complexity index is 718. The van der Waals surface area contributed by atoms with Crippen molar-refractivity contribution in [3.05, 3.63) is 41.8 Å². The van der Waals surface area contributed by atoms with E-state index in [0.717, 1.165) is 0 Å². The first-order valence-electron chi connectivity index (χ1n) is 5.50. The highest BCUT2D eigenvalue weighted by molar-refractivity contribution is 5.92. The summed E-state index contributed by atoms with van der Waals surface area (Å²) < 4.78 is 10.3. The van der Waals surface area contributed by atoms with Crippen LogP contribution in [0.2, 0.25) is 0 Å². The Morgan fingerprint density at radius 2 is 2.26 bits per heavy atom. The highest BCUT2D eigenvalue weighted by atomic mass is 16.5. The van der Waals surface area contributed by atoms with Gasteiger partial charge < -0.3 is 19.4 Å². The Kier molecular flexibility index (Phi) is 2.64. The number of nitrogens with one attached hydrogen (secondary N) is 1. The molecular weight excluding hydrogens is 250 g/mol. The monoisotopic (exact) mass is 259 g/mol. The molecule has 0 atom stereocenters. The number of hydrogen-bond donors (Lipinski definition) is 2. The van der Waals surface area contributed by atoms with E-state index in [-0.39, 0.29) is 5.56 Å². The van der Waals surface area contributed by atoms with Crippen LogP contribution in [0.15, 0.2) is 39.4 Å². The van der Waals surface area contributed by atoms with Crippen LogP contribution in [0.3, 0.4) is 0 Å². The van der Waals surface area contributed by atoms with E-state index < -0.39 is 5.97 Å². The first-order chi connectivity index (χ1) is 9.22. The number of rotatable bonds is 4. The summed E-state index contributed by atoms with van der Waals surface area (Å²) in [5.41, 5.74) is 1.16. The van der Waals surface area contributed by atoms with Crippen molar-refractivity contribution in [3.8, 4) is 0 Å². The topological polar surface area (TPSA) is 101 Å². The molecule has 0 amide bonds. The van der Waals surface area contributed by atoms with Gasteiger partial charge in [-0.15, -0.1) is 0 Å². The third kappa shape index (κ3) is 2.25. The van der Waals surface area contributed by atoms with Crippen LogP contribution in [0.1, 0.15) is 16.1 Å². The van der Waals surface area contributed by atoms with Gasteiger partial charge in [-0.1, -0.05) is 5.16 Å². The summed E-state index contributed by atoms with van der Waals surface area (Å²) in [5, 5.41) is 15.4. The molecule has 0 bridgehead atoms. The summed E-state index contributed by atoms with van der Waals surface area (Å²) in [6.07, 6.45) is 1.54. The van der Waals surface area contributed by atoms with Crippen molar-refractivity contribution in [2.45, 2.75) is 6.54 Å². The molecule has 0 radical (unpaired) electrons. The molecule has 0 aliphatic carbocycles. The highest BCUT2D eigenvalue weighted by Gasteiger charge is 2.09. The SMILES string of the molecule is O=C(O)c1ccc2nc(NCc3ccno3)oc2c1. The Balaban J connectivity index is 1.83. The minimum absolute atomic E-state index is 0.158. The van der Waals surface area contributed by atoms with Crippen LogP contribution in [0, 0.1) is 0 Å². The number of carboxylic acid groups (broad SMARTS) is 1. The van der Waals surface area contributed by atoms with Crippen molar-refractivity contribution in [1.82, 2.24) is 10.1 Å². The molecule has 2 aromatic heterocycles. The number of oxazole rings is 1. The van der Waals surface area contributed by atoms with E-state index in [1.54, 1.807) is 18.3 Å². The van der Waals surface area contributed by atoms with Crippen LogP contribution >= 0.6 is 0 Å². The van der Waals surface area contributed by atoms with Gasteiger partial charge in [-0.3, -0.25) is 0 Å². The molecule has 0 spiro atoms. The number of fused-ring (bicyclic) bond motifs is 1. The Morgan fingerprint density at radius 1 is 1.37 bits per heavy atom. The van der Waals surface area contributed by atoms with E-state index in [4.69, 9.17) is 14.0 Å². The number of anilines is 1. The van der Waals surface area contributed by atoms with E-state index in [2.05, 4.69) is 15.5 Å². The molecule has 3 aromatic rings. The minimum atomic E-state index is -1.01. The largest absolute Gasteiger partial charge is 0.478 e. The molecule has 0 fully saturated rings. The quantitative estimate of drug-likeness (QED) is 0.739. The molecule has 7 heteroatoms.